The van der Waals surface area contributed by atoms with E-state index in [1.165, 1.54) is 18.2 Å². The van der Waals surface area contributed by atoms with Gasteiger partial charge < -0.3 is 11.1 Å². The van der Waals surface area contributed by atoms with Crippen LogP contribution in [0.1, 0.15) is 13.8 Å². The Hall–Kier alpha value is -1.47. The van der Waals surface area contributed by atoms with Gasteiger partial charge >= 0.3 is 0 Å². The number of nitrogens with zero attached hydrogens (tertiary/aromatic N) is 2. The largest absolute Gasteiger partial charge is 0.370 e. The van der Waals surface area contributed by atoms with E-state index in [-0.39, 0.29) is 53.6 Å². The van der Waals surface area contributed by atoms with E-state index in [2.05, 4.69) is 15.0 Å². The SMILES string of the molecule is CC(C)CN=C(N)NCCNS(=O)(=O)c1cccc([N+](=O)[O-])c1.I. The summed E-state index contributed by atoms with van der Waals surface area (Å²) in [5.41, 5.74) is 5.34. The molecule has 1 aromatic carbocycles. The van der Waals surface area contributed by atoms with E-state index < -0.39 is 14.9 Å². The number of nitrogens with two attached hydrogens (primary N) is 1. The van der Waals surface area contributed by atoms with Gasteiger partial charge in [0.1, 0.15) is 0 Å². The van der Waals surface area contributed by atoms with Crippen molar-refractivity contribution in [1.29, 1.82) is 0 Å². The molecule has 11 heteroatoms. The molecule has 0 aliphatic heterocycles. The van der Waals surface area contributed by atoms with Gasteiger partial charge in [0.2, 0.25) is 10.0 Å². The highest BCUT2D eigenvalue weighted by Crippen LogP contribution is 2.16. The molecule has 4 N–H and O–H groups in total. The Morgan fingerprint density at radius 2 is 2.04 bits per heavy atom. The molecule has 9 nitrogen and oxygen atoms in total. The monoisotopic (exact) mass is 471 g/mol. The number of hydrogen-bond acceptors (Lipinski definition) is 5. The number of non-ortho nitro benzene ring substituents is 1. The first kappa shape index (κ1) is 22.5. The van der Waals surface area contributed by atoms with Crippen LogP contribution in [0.2, 0.25) is 0 Å². The van der Waals surface area contributed by atoms with Crippen LogP contribution in [0.3, 0.4) is 0 Å². The minimum atomic E-state index is -3.82. The molecule has 0 saturated heterocycles. The predicted octanol–water partition coefficient (Wildman–Crippen LogP) is 1.05. The molecule has 0 aliphatic carbocycles. The van der Waals surface area contributed by atoms with Crippen molar-refractivity contribution in [2.45, 2.75) is 18.7 Å². The van der Waals surface area contributed by atoms with Gasteiger partial charge in [-0.05, 0) is 12.0 Å². The van der Waals surface area contributed by atoms with E-state index in [1.54, 1.807) is 0 Å². The number of benzene rings is 1. The molecule has 136 valence electrons. The van der Waals surface area contributed by atoms with Crippen LogP contribution in [0.25, 0.3) is 0 Å². The lowest BCUT2D eigenvalue weighted by Gasteiger charge is -2.09. The Balaban J connectivity index is 0.00000529. The second-order valence-corrected chi connectivity index (χ2v) is 6.97. The molecule has 0 spiro atoms. The fourth-order valence-corrected chi connectivity index (χ4v) is 2.63. The van der Waals surface area contributed by atoms with Crippen LogP contribution in [-0.4, -0.2) is 38.9 Å². The standard InChI is InChI=1S/C13H21N5O4S.HI/c1-10(2)9-16-13(14)15-6-7-17-23(21,22)12-5-3-4-11(8-12)18(19)20;/h3-5,8,10,17H,6-7,9H2,1-2H3,(H3,14,15,16);1H. The Labute approximate surface area is 158 Å². The van der Waals surface area contributed by atoms with E-state index in [4.69, 9.17) is 5.73 Å². The van der Waals surface area contributed by atoms with Crippen LogP contribution in [-0.2, 0) is 10.0 Å². The fourth-order valence-electron chi connectivity index (χ4n) is 1.56. The number of guanidine groups is 1. The average molecular weight is 471 g/mol. The number of nitro groups is 1. The molecule has 0 bridgehead atoms. The zero-order chi connectivity index (χ0) is 17.5. The number of rotatable bonds is 8. The van der Waals surface area contributed by atoms with E-state index in [9.17, 15) is 18.5 Å². The van der Waals surface area contributed by atoms with E-state index in [1.807, 2.05) is 13.8 Å². The lowest BCUT2D eigenvalue weighted by Crippen LogP contribution is -2.38. The van der Waals surface area contributed by atoms with Gasteiger partial charge in [-0.2, -0.15) is 0 Å². The third-order valence-corrected chi connectivity index (χ3v) is 4.15. The Morgan fingerprint density at radius 1 is 1.38 bits per heavy atom. The van der Waals surface area contributed by atoms with Crippen molar-refractivity contribution >= 4 is 45.6 Å². The molecular formula is C13H22IN5O4S. The van der Waals surface area contributed by atoms with Crippen molar-refractivity contribution in [1.82, 2.24) is 10.0 Å². The number of nitro benzene ring substituents is 1. The molecule has 0 aromatic heterocycles. The Morgan fingerprint density at radius 3 is 2.62 bits per heavy atom. The maximum Gasteiger partial charge on any atom is 0.270 e. The average Bonchev–Trinajstić information content (AvgIpc) is 2.49. The minimum Gasteiger partial charge on any atom is -0.370 e. The minimum absolute atomic E-state index is 0. The van der Waals surface area contributed by atoms with Gasteiger partial charge in [0.15, 0.2) is 5.96 Å². The summed E-state index contributed by atoms with van der Waals surface area (Å²) in [6.45, 7) is 4.91. The van der Waals surface area contributed by atoms with Gasteiger partial charge in [-0.1, -0.05) is 19.9 Å². The number of nitrogens with one attached hydrogen (secondary N) is 2. The molecule has 0 fully saturated rings. The Kier molecular flexibility index (Phi) is 9.77. The van der Waals surface area contributed by atoms with E-state index in [0.29, 0.717) is 12.5 Å². The highest BCUT2D eigenvalue weighted by molar-refractivity contribution is 14.0. The van der Waals surface area contributed by atoms with Crippen LogP contribution in [0.4, 0.5) is 5.69 Å². The highest BCUT2D eigenvalue weighted by Gasteiger charge is 2.16. The van der Waals surface area contributed by atoms with Crippen molar-refractivity contribution < 1.29 is 13.3 Å². The van der Waals surface area contributed by atoms with E-state index in [0.717, 1.165) is 6.07 Å². The van der Waals surface area contributed by atoms with Gasteiger partial charge in [-0.25, -0.2) is 13.1 Å². The number of hydrogen-bond donors (Lipinski definition) is 3. The maximum absolute atomic E-state index is 12.0. The summed E-state index contributed by atoms with van der Waals surface area (Å²) >= 11 is 0. The van der Waals surface area contributed by atoms with Crippen molar-refractivity contribution in [3.05, 3.63) is 34.4 Å². The third-order valence-electron chi connectivity index (χ3n) is 2.69. The second-order valence-electron chi connectivity index (χ2n) is 5.20. The summed E-state index contributed by atoms with van der Waals surface area (Å²) in [5.74, 6) is 0.621. The molecule has 1 rings (SSSR count). The zero-order valence-corrected chi connectivity index (χ0v) is 16.6. The molecule has 0 atom stereocenters. The molecule has 24 heavy (non-hydrogen) atoms. The van der Waals surface area contributed by atoms with Gasteiger partial charge in [0.05, 0.1) is 9.82 Å². The van der Waals surface area contributed by atoms with Gasteiger partial charge in [-0.3, -0.25) is 15.1 Å². The van der Waals surface area contributed by atoms with Crippen LogP contribution in [0.5, 0.6) is 0 Å². The summed E-state index contributed by atoms with van der Waals surface area (Å²) in [6.07, 6.45) is 0. The quantitative estimate of drug-likeness (QED) is 0.129. The molecule has 0 saturated carbocycles. The zero-order valence-electron chi connectivity index (χ0n) is 13.4. The smallest absolute Gasteiger partial charge is 0.270 e. The molecule has 1 aromatic rings. The second kappa shape index (κ2) is 10.4. The van der Waals surface area contributed by atoms with Crippen LogP contribution >= 0.6 is 24.0 Å². The molecular weight excluding hydrogens is 449 g/mol. The molecule has 0 amide bonds. The first-order chi connectivity index (χ1) is 10.7. The number of aliphatic imine (C=N–C) groups is 1. The van der Waals surface area contributed by atoms with Crippen LogP contribution in [0.15, 0.2) is 34.2 Å². The van der Waals surface area contributed by atoms with Crippen LogP contribution in [0, 0.1) is 16.0 Å². The highest BCUT2D eigenvalue weighted by atomic mass is 127. The normalized spacial score (nSPS) is 11.9. The molecule has 0 aliphatic rings. The van der Waals surface area contributed by atoms with Gasteiger partial charge in [0, 0.05) is 31.8 Å². The molecule has 0 radical (unpaired) electrons. The van der Waals surface area contributed by atoms with Gasteiger partial charge in [-0.15, -0.1) is 24.0 Å². The van der Waals surface area contributed by atoms with Crippen LogP contribution < -0.4 is 15.8 Å². The topological polar surface area (TPSA) is 140 Å². The summed E-state index contributed by atoms with van der Waals surface area (Å²) in [5, 5.41) is 13.5. The first-order valence-electron chi connectivity index (χ1n) is 7.00. The van der Waals surface area contributed by atoms with Crippen molar-refractivity contribution in [2.75, 3.05) is 19.6 Å². The molecule has 0 unspecified atom stereocenters. The third kappa shape index (κ3) is 7.88. The first-order valence-corrected chi connectivity index (χ1v) is 8.48. The summed E-state index contributed by atoms with van der Waals surface area (Å²) in [4.78, 5) is 14.0. The van der Waals surface area contributed by atoms with Crippen molar-refractivity contribution in [2.24, 2.45) is 16.6 Å². The van der Waals surface area contributed by atoms with E-state index >= 15 is 0 Å². The van der Waals surface area contributed by atoms with Crippen molar-refractivity contribution in [3.8, 4) is 0 Å². The van der Waals surface area contributed by atoms with Crippen molar-refractivity contribution in [3.63, 3.8) is 0 Å². The lowest BCUT2D eigenvalue weighted by molar-refractivity contribution is -0.385. The molecule has 0 heterocycles. The predicted molar refractivity (Wildman–Crippen MR) is 103 cm³/mol. The fraction of sp³-hybridized carbons (Fsp3) is 0.462. The summed E-state index contributed by atoms with van der Waals surface area (Å²) < 4.78 is 26.4. The number of sulfonamides is 1. The maximum atomic E-state index is 12.0. The Bertz CT molecular complexity index is 679. The summed E-state index contributed by atoms with van der Waals surface area (Å²) in [6, 6.07) is 4.85. The number of halogens is 1. The lowest BCUT2D eigenvalue weighted by atomic mass is 10.2. The van der Waals surface area contributed by atoms with Gasteiger partial charge in [0.25, 0.3) is 5.69 Å². The summed E-state index contributed by atoms with van der Waals surface area (Å²) in [7, 11) is -3.82.